The van der Waals surface area contributed by atoms with E-state index in [4.69, 9.17) is 48.9 Å². The van der Waals surface area contributed by atoms with Gasteiger partial charge in [0.15, 0.2) is 22.9 Å². The lowest BCUT2D eigenvalue weighted by Crippen LogP contribution is -2.57. The van der Waals surface area contributed by atoms with Crippen LogP contribution in [-0.2, 0) is 24.9 Å². The summed E-state index contributed by atoms with van der Waals surface area (Å²) in [6.07, 6.45) is 7.69. The fourth-order valence-corrected chi connectivity index (χ4v) is 9.15. The first-order valence-electron chi connectivity index (χ1n) is 17.6. The molecule has 4 aromatic heterocycles. The van der Waals surface area contributed by atoms with Gasteiger partial charge in [-0.25, -0.2) is 14.6 Å². The Morgan fingerprint density at radius 3 is 2.63 bits per heavy atom. The van der Waals surface area contributed by atoms with E-state index in [2.05, 4.69) is 48.8 Å². The van der Waals surface area contributed by atoms with E-state index in [9.17, 15) is 10.4 Å². The normalized spacial score (nSPS) is 25.1. The Labute approximate surface area is 295 Å². The standard InChI is InChI=1S/C34H42B3N9O2S/c1-5-7-11-20-26(43-48-27(20)24-21(15-38)29(39)49-22(24)9-6-2)30-40-31-25-28(42-46(32(25)41-30)17-19-10-8-14-44(19)4)34(37,47)33(35,36)23-13-12-18(3)16-45(23)31/h18-19,23,47H,5-14,16-17,39H2,1-4H3/t18?,19?,23-,34?/m1/s1. The lowest BCUT2D eigenvalue weighted by atomic mass is 9.37. The zero-order valence-corrected chi connectivity index (χ0v) is 29.7. The maximum atomic E-state index is 12.1. The second-order valence-corrected chi connectivity index (χ2v) is 15.5. The molecular weight excluding hydrogens is 631 g/mol. The summed E-state index contributed by atoms with van der Waals surface area (Å²) in [5, 5.41) is 31.1. The van der Waals surface area contributed by atoms with Crippen LogP contribution in [0.1, 0.15) is 87.4 Å². The van der Waals surface area contributed by atoms with E-state index < -0.39 is 16.8 Å². The van der Waals surface area contributed by atoms with Gasteiger partial charge in [-0.2, -0.15) is 10.4 Å². The number of likely N-dealkylation sites (N-methyl/N-ethyl adjacent to an activating group) is 1. The quantitative estimate of drug-likeness (QED) is 0.245. The minimum absolute atomic E-state index is 0.181. The fourth-order valence-electron chi connectivity index (χ4n) is 8.03. The van der Waals surface area contributed by atoms with E-state index in [-0.39, 0.29) is 11.7 Å². The number of rotatable bonds is 9. The SMILES string of the molecule is [B]C1(O)c2nn(CC3CCCN3C)c3nc(-c4noc(-c5c(CCC)sc(N)c5C#N)c4CCCC)nc(c23)N2CC(C)CC[C@@H]2C1([B])[B]. The van der Waals surface area contributed by atoms with Crippen molar-refractivity contribution in [3.63, 3.8) is 0 Å². The molecule has 6 radical (unpaired) electrons. The highest BCUT2D eigenvalue weighted by Gasteiger charge is 2.53. The summed E-state index contributed by atoms with van der Waals surface area (Å²) in [5.41, 5.74) is 7.38. The number of aryl methyl sites for hydroxylation is 1. The third-order valence-corrected chi connectivity index (χ3v) is 12.0. The highest BCUT2D eigenvalue weighted by atomic mass is 32.1. The first kappa shape index (κ1) is 34.1. The molecule has 0 bridgehead atoms. The number of aromatic nitrogens is 5. The second kappa shape index (κ2) is 12.8. The molecule has 7 rings (SSSR count). The molecule has 3 aliphatic rings. The van der Waals surface area contributed by atoms with Crippen LogP contribution in [0.2, 0.25) is 5.21 Å². The van der Waals surface area contributed by atoms with Crippen LogP contribution in [0.5, 0.6) is 0 Å². The van der Waals surface area contributed by atoms with Crippen LogP contribution < -0.4 is 10.6 Å². The molecule has 0 amide bonds. The van der Waals surface area contributed by atoms with Gasteiger partial charge in [-0.05, 0) is 64.5 Å². The Hall–Kier alpha value is -3.34. The van der Waals surface area contributed by atoms with E-state index in [0.29, 0.717) is 82.1 Å². The third kappa shape index (κ3) is 5.40. The number of nitrogen functional groups attached to an aromatic ring is 1. The molecule has 2 saturated heterocycles. The maximum Gasteiger partial charge on any atom is 0.186 e. The first-order chi connectivity index (χ1) is 23.4. The van der Waals surface area contributed by atoms with Gasteiger partial charge in [0.2, 0.25) is 0 Å². The van der Waals surface area contributed by atoms with E-state index in [1.165, 1.54) is 11.3 Å². The number of nitriles is 1. The average molecular weight is 673 g/mol. The van der Waals surface area contributed by atoms with Gasteiger partial charge in [0.25, 0.3) is 0 Å². The summed E-state index contributed by atoms with van der Waals surface area (Å²) in [6.45, 7) is 8.56. The summed E-state index contributed by atoms with van der Waals surface area (Å²) in [6, 6.07) is 2.03. The monoisotopic (exact) mass is 673 g/mol. The Morgan fingerprint density at radius 2 is 1.94 bits per heavy atom. The second-order valence-electron chi connectivity index (χ2n) is 14.4. The number of unbranched alkanes of at least 4 members (excludes halogenated alkanes) is 1. The van der Waals surface area contributed by atoms with Gasteiger partial charge in [-0.3, -0.25) is 0 Å². The van der Waals surface area contributed by atoms with Crippen LogP contribution in [0.25, 0.3) is 33.9 Å². The molecule has 15 heteroatoms. The van der Waals surface area contributed by atoms with Crippen molar-refractivity contribution < 1.29 is 9.63 Å². The molecule has 11 nitrogen and oxygen atoms in total. The molecule has 49 heavy (non-hydrogen) atoms. The molecule has 0 aliphatic carbocycles. The lowest BCUT2D eigenvalue weighted by Gasteiger charge is -2.52. The van der Waals surface area contributed by atoms with Crippen LogP contribution in [0.3, 0.4) is 0 Å². The smallest absolute Gasteiger partial charge is 0.186 e. The lowest BCUT2D eigenvalue weighted by molar-refractivity contribution is 0.0836. The van der Waals surface area contributed by atoms with Crippen LogP contribution in [0.4, 0.5) is 10.8 Å². The first-order valence-corrected chi connectivity index (χ1v) is 18.4. The van der Waals surface area contributed by atoms with Crippen molar-refractivity contribution in [3.8, 4) is 28.9 Å². The zero-order valence-electron chi connectivity index (χ0n) is 28.9. The number of hydrogen-bond donors (Lipinski definition) is 2. The summed E-state index contributed by atoms with van der Waals surface area (Å²) >= 11 is 1.43. The van der Waals surface area contributed by atoms with Gasteiger partial charge >= 0.3 is 0 Å². The number of likely N-dealkylation sites (tertiary alicyclic amines) is 1. The highest BCUT2D eigenvalue weighted by Crippen LogP contribution is 2.53. The van der Waals surface area contributed by atoms with Crippen LogP contribution in [-0.4, -0.2) is 90.7 Å². The summed E-state index contributed by atoms with van der Waals surface area (Å²) in [5.74, 6) is 1.80. The number of aliphatic hydroxyl groups is 1. The number of anilines is 2. The number of thiophene rings is 1. The number of fused-ring (bicyclic) bond motifs is 2. The number of nitrogens with two attached hydrogens (primary N) is 1. The Kier molecular flexibility index (Phi) is 8.89. The minimum atomic E-state index is -2.16. The van der Waals surface area contributed by atoms with E-state index in [1.807, 2.05) is 4.68 Å². The van der Waals surface area contributed by atoms with Crippen LogP contribution in [0.15, 0.2) is 4.52 Å². The molecule has 3 N–H and O–H groups in total. The van der Waals surface area contributed by atoms with Crippen molar-refractivity contribution in [2.75, 3.05) is 30.8 Å². The minimum Gasteiger partial charge on any atom is -0.394 e. The largest absolute Gasteiger partial charge is 0.394 e. The van der Waals surface area contributed by atoms with Gasteiger partial charge in [-0.1, -0.05) is 44.0 Å². The van der Waals surface area contributed by atoms with Gasteiger partial charge in [0.1, 0.15) is 24.7 Å². The molecule has 250 valence electrons. The number of hydrogen-bond acceptors (Lipinski definition) is 11. The predicted octanol–water partition coefficient (Wildman–Crippen LogP) is 4.44. The Morgan fingerprint density at radius 1 is 1.14 bits per heavy atom. The topological polar surface area (TPSA) is 146 Å². The predicted molar refractivity (Wildman–Crippen MR) is 195 cm³/mol. The van der Waals surface area contributed by atoms with E-state index >= 15 is 0 Å². The highest BCUT2D eigenvalue weighted by molar-refractivity contribution is 7.16. The molecule has 4 atom stereocenters. The third-order valence-electron chi connectivity index (χ3n) is 10.9. The van der Waals surface area contributed by atoms with Crippen molar-refractivity contribution in [2.24, 2.45) is 5.92 Å². The average Bonchev–Trinajstić information content (AvgIpc) is 3.83. The molecule has 2 fully saturated rings. The van der Waals surface area contributed by atoms with Gasteiger partial charge in [0.05, 0.1) is 49.9 Å². The number of nitrogens with zero attached hydrogens (tertiary/aromatic N) is 8. The van der Waals surface area contributed by atoms with Gasteiger partial charge in [-0.15, -0.1) is 11.3 Å². The maximum absolute atomic E-state index is 12.1. The molecule has 0 spiro atoms. The molecule has 7 heterocycles. The number of piperidine rings is 1. The molecule has 3 unspecified atom stereocenters. The summed E-state index contributed by atoms with van der Waals surface area (Å²) < 4.78 is 8.00. The van der Waals surface area contributed by atoms with Crippen molar-refractivity contribution >= 4 is 56.7 Å². The molecule has 0 saturated carbocycles. The van der Waals surface area contributed by atoms with Gasteiger partial charge in [0, 0.05) is 29.1 Å². The molecule has 3 aliphatic heterocycles. The van der Waals surface area contributed by atoms with E-state index in [0.717, 1.165) is 61.9 Å². The Balaban J connectivity index is 1.50. The molecule has 0 aromatic carbocycles. The summed E-state index contributed by atoms with van der Waals surface area (Å²) in [4.78, 5) is 15.8. The summed E-state index contributed by atoms with van der Waals surface area (Å²) in [7, 11) is 22.6. The Bertz CT molecular complexity index is 1930. The van der Waals surface area contributed by atoms with Crippen LogP contribution >= 0.6 is 11.3 Å². The van der Waals surface area contributed by atoms with Crippen molar-refractivity contribution in [3.05, 3.63) is 21.7 Å². The van der Waals surface area contributed by atoms with Crippen molar-refractivity contribution in [1.82, 2.24) is 29.8 Å². The van der Waals surface area contributed by atoms with Gasteiger partial charge < -0.3 is 25.2 Å². The van der Waals surface area contributed by atoms with Crippen molar-refractivity contribution in [1.29, 1.82) is 5.26 Å². The van der Waals surface area contributed by atoms with E-state index in [1.54, 1.807) is 0 Å². The van der Waals surface area contributed by atoms with Crippen LogP contribution in [0, 0.1) is 17.2 Å². The molecular formula is C34H42B3N9O2S. The molecule has 4 aromatic rings. The van der Waals surface area contributed by atoms with Crippen molar-refractivity contribution in [2.45, 2.75) is 108 Å². The zero-order chi connectivity index (χ0) is 34.8. The fraction of sp³-hybridized carbons (Fsp3) is 0.618.